The molecule has 0 spiro atoms. The van der Waals surface area contributed by atoms with E-state index in [0.29, 0.717) is 25.9 Å². The molecule has 1 rings (SSSR count). The van der Waals surface area contributed by atoms with E-state index in [9.17, 15) is 13.6 Å². The number of benzene rings is 1. The zero-order chi connectivity index (χ0) is 14.8. The van der Waals surface area contributed by atoms with Gasteiger partial charge in [-0.1, -0.05) is 12.1 Å². The molecule has 3 N–H and O–H groups in total. The molecule has 0 aliphatic heterocycles. The molecule has 0 aliphatic rings. The summed E-state index contributed by atoms with van der Waals surface area (Å²) in [6.07, 6.45) is 2.77. The molecule has 0 saturated heterocycles. The largest absolute Gasteiger partial charge is 0.435 e. The molecule has 0 fully saturated rings. The van der Waals surface area contributed by atoms with Gasteiger partial charge in [0.25, 0.3) is 0 Å². The summed E-state index contributed by atoms with van der Waals surface area (Å²) in [5.74, 6) is 0.144. The van der Waals surface area contributed by atoms with E-state index < -0.39 is 6.61 Å². The van der Waals surface area contributed by atoms with E-state index in [4.69, 9.17) is 5.73 Å². The Hall–Kier alpha value is -1.69. The molecule has 0 unspecified atom stereocenters. The SMILES string of the molecule is NCCCCC(=O)NCCc1ccc(OC(F)F)cc1. The number of nitrogens with one attached hydrogen (secondary N) is 1. The number of nitrogens with two attached hydrogens (primary N) is 1. The van der Waals surface area contributed by atoms with Gasteiger partial charge in [-0.05, 0) is 43.5 Å². The number of hydrogen-bond donors (Lipinski definition) is 2. The minimum atomic E-state index is -2.81. The lowest BCUT2D eigenvalue weighted by molar-refractivity contribution is -0.121. The molecular formula is C14H20F2N2O2. The van der Waals surface area contributed by atoms with Crippen LogP contribution in [0.5, 0.6) is 5.75 Å². The monoisotopic (exact) mass is 286 g/mol. The van der Waals surface area contributed by atoms with E-state index in [-0.39, 0.29) is 11.7 Å². The van der Waals surface area contributed by atoms with Crippen LogP contribution in [0.1, 0.15) is 24.8 Å². The van der Waals surface area contributed by atoms with Crippen molar-refractivity contribution in [3.63, 3.8) is 0 Å². The smallest absolute Gasteiger partial charge is 0.387 e. The molecule has 6 heteroatoms. The first-order valence-electron chi connectivity index (χ1n) is 6.62. The highest BCUT2D eigenvalue weighted by atomic mass is 19.3. The first-order chi connectivity index (χ1) is 9.61. The summed E-state index contributed by atoms with van der Waals surface area (Å²) in [6, 6.07) is 6.39. The molecule has 1 amide bonds. The van der Waals surface area contributed by atoms with Crippen LogP contribution in [0.25, 0.3) is 0 Å². The minimum Gasteiger partial charge on any atom is -0.435 e. The topological polar surface area (TPSA) is 64.4 Å². The van der Waals surface area contributed by atoms with Crippen molar-refractivity contribution in [1.82, 2.24) is 5.32 Å². The van der Waals surface area contributed by atoms with Crippen molar-refractivity contribution in [2.24, 2.45) is 5.73 Å². The molecule has 0 heterocycles. The zero-order valence-corrected chi connectivity index (χ0v) is 11.3. The second kappa shape index (κ2) is 9.25. The third-order valence-electron chi connectivity index (χ3n) is 2.74. The summed E-state index contributed by atoms with van der Waals surface area (Å²) in [7, 11) is 0. The van der Waals surface area contributed by atoms with Gasteiger partial charge in [-0.15, -0.1) is 0 Å². The van der Waals surface area contributed by atoms with E-state index in [1.807, 2.05) is 0 Å². The molecule has 0 radical (unpaired) electrons. The van der Waals surface area contributed by atoms with Crippen LogP contribution in [-0.2, 0) is 11.2 Å². The van der Waals surface area contributed by atoms with Gasteiger partial charge in [0.1, 0.15) is 5.75 Å². The minimum absolute atomic E-state index is 0.0103. The first kappa shape index (κ1) is 16.4. The number of halogens is 2. The fourth-order valence-electron chi connectivity index (χ4n) is 1.70. The summed E-state index contributed by atoms with van der Waals surface area (Å²) in [5.41, 5.74) is 6.30. The Kier molecular flexibility index (Phi) is 7.57. The maximum atomic E-state index is 12.0. The zero-order valence-electron chi connectivity index (χ0n) is 11.3. The number of carbonyl (C=O) groups is 1. The van der Waals surface area contributed by atoms with Crippen LogP contribution in [-0.4, -0.2) is 25.6 Å². The Bertz CT molecular complexity index is 397. The van der Waals surface area contributed by atoms with E-state index >= 15 is 0 Å². The third-order valence-corrected chi connectivity index (χ3v) is 2.74. The molecule has 1 aromatic carbocycles. The predicted octanol–water partition coefficient (Wildman–Crippen LogP) is 2.08. The van der Waals surface area contributed by atoms with Crippen molar-refractivity contribution in [3.05, 3.63) is 29.8 Å². The van der Waals surface area contributed by atoms with Gasteiger partial charge in [0.05, 0.1) is 0 Å². The number of unbranched alkanes of at least 4 members (excludes halogenated alkanes) is 1. The van der Waals surface area contributed by atoms with Crippen LogP contribution in [0.2, 0.25) is 0 Å². The Morgan fingerprint density at radius 3 is 2.55 bits per heavy atom. The fraction of sp³-hybridized carbons (Fsp3) is 0.500. The highest BCUT2D eigenvalue weighted by Crippen LogP contribution is 2.14. The number of rotatable bonds is 9. The Morgan fingerprint density at radius 2 is 1.95 bits per heavy atom. The lowest BCUT2D eigenvalue weighted by Crippen LogP contribution is -2.25. The molecule has 0 bridgehead atoms. The molecule has 20 heavy (non-hydrogen) atoms. The quantitative estimate of drug-likeness (QED) is 0.683. The van der Waals surface area contributed by atoms with Crippen molar-refractivity contribution in [2.45, 2.75) is 32.3 Å². The Balaban J connectivity index is 2.23. The van der Waals surface area contributed by atoms with Crippen molar-refractivity contribution in [2.75, 3.05) is 13.1 Å². The van der Waals surface area contributed by atoms with Crippen LogP contribution >= 0.6 is 0 Å². The first-order valence-corrected chi connectivity index (χ1v) is 6.62. The highest BCUT2D eigenvalue weighted by molar-refractivity contribution is 5.75. The van der Waals surface area contributed by atoms with E-state index in [1.165, 1.54) is 12.1 Å². The lowest BCUT2D eigenvalue weighted by atomic mass is 10.1. The van der Waals surface area contributed by atoms with E-state index in [0.717, 1.165) is 18.4 Å². The number of amides is 1. The van der Waals surface area contributed by atoms with Crippen molar-refractivity contribution in [1.29, 1.82) is 0 Å². The molecule has 4 nitrogen and oxygen atoms in total. The maximum Gasteiger partial charge on any atom is 0.387 e. The van der Waals surface area contributed by atoms with Gasteiger partial charge < -0.3 is 15.8 Å². The average molecular weight is 286 g/mol. The van der Waals surface area contributed by atoms with Gasteiger partial charge in [-0.2, -0.15) is 8.78 Å². The average Bonchev–Trinajstić information content (AvgIpc) is 2.40. The molecule has 0 saturated carbocycles. The predicted molar refractivity (Wildman–Crippen MR) is 72.7 cm³/mol. The Labute approximate surface area is 117 Å². The standard InChI is InChI=1S/C14H20F2N2O2/c15-14(16)20-12-6-4-11(5-7-12)8-10-18-13(19)3-1-2-9-17/h4-7,14H,1-3,8-10,17H2,(H,18,19). The molecule has 0 atom stereocenters. The Morgan fingerprint density at radius 1 is 1.25 bits per heavy atom. The second-order valence-electron chi connectivity index (χ2n) is 4.37. The van der Waals surface area contributed by atoms with Crippen molar-refractivity contribution in [3.8, 4) is 5.75 Å². The molecular weight excluding hydrogens is 266 g/mol. The van der Waals surface area contributed by atoms with Gasteiger partial charge in [0.2, 0.25) is 5.91 Å². The fourth-order valence-corrected chi connectivity index (χ4v) is 1.70. The lowest BCUT2D eigenvalue weighted by Gasteiger charge is -2.07. The van der Waals surface area contributed by atoms with Crippen LogP contribution in [0.4, 0.5) is 8.78 Å². The number of alkyl halides is 2. The summed E-state index contributed by atoms with van der Waals surface area (Å²) < 4.78 is 28.2. The van der Waals surface area contributed by atoms with Crippen LogP contribution in [0, 0.1) is 0 Å². The maximum absolute atomic E-state index is 12.0. The number of ether oxygens (including phenoxy) is 1. The van der Waals surface area contributed by atoms with Crippen molar-refractivity contribution < 1.29 is 18.3 Å². The second-order valence-corrected chi connectivity index (χ2v) is 4.37. The summed E-state index contributed by atoms with van der Waals surface area (Å²) in [4.78, 5) is 11.4. The van der Waals surface area contributed by atoms with E-state index in [2.05, 4.69) is 10.1 Å². The van der Waals surface area contributed by atoms with Gasteiger partial charge in [0, 0.05) is 13.0 Å². The molecule has 0 aliphatic carbocycles. The molecule has 1 aromatic rings. The number of hydrogen-bond acceptors (Lipinski definition) is 3. The molecule has 0 aromatic heterocycles. The van der Waals surface area contributed by atoms with Crippen LogP contribution in [0.3, 0.4) is 0 Å². The highest BCUT2D eigenvalue weighted by Gasteiger charge is 2.04. The van der Waals surface area contributed by atoms with Gasteiger partial charge in [-0.25, -0.2) is 0 Å². The molecule has 112 valence electrons. The normalized spacial score (nSPS) is 10.6. The van der Waals surface area contributed by atoms with Crippen molar-refractivity contribution >= 4 is 5.91 Å². The third kappa shape index (κ3) is 7.04. The summed E-state index contributed by atoms with van der Waals surface area (Å²) in [5, 5.41) is 2.81. The van der Waals surface area contributed by atoms with Gasteiger partial charge in [0.15, 0.2) is 0 Å². The van der Waals surface area contributed by atoms with E-state index in [1.54, 1.807) is 12.1 Å². The van der Waals surface area contributed by atoms with Crippen LogP contribution in [0.15, 0.2) is 24.3 Å². The summed E-state index contributed by atoms with van der Waals surface area (Å²) in [6.45, 7) is -1.69. The summed E-state index contributed by atoms with van der Waals surface area (Å²) >= 11 is 0. The van der Waals surface area contributed by atoms with Crippen LogP contribution < -0.4 is 15.8 Å². The van der Waals surface area contributed by atoms with Gasteiger partial charge >= 0.3 is 6.61 Å². The number of carbonyl (C=O) groups excluding carboxylic acids is 1. The van der Waals surface area contributed by atoms with Gasteiger partial charge in [-0.3, -0.25) is 4.79 Å².